The maximum atomic E-state index is 12.3. The predicted molar refractivity (Wildman–Crippen MR) is 84.7 cm³/mol. The number of esters is 1. The number of ether oxygens (including phenoxy) is 1. The number of hydrogen-bond acceptors (Lipinski definition) is 2. The second-order valence-corrected chi connectivity index (χ2v) is 7.19. The number of hydrogen-bond donors (Lipinski definition) is 0. The van der Waals surface area contributed by atoms with Crippen molar-refractivity contribution >= 4 is 21.9 Å². The van der Waals surface area contributed by atoms with Gasteiger partial charge in [0.25, 0.3) is 0 Å². The standard InChI is InChI=1S/C17H23BrO2/c1-11(2)15-9-4-12(3)10-16(15)20-17(19)13-5-7-14(18)8-6-13/h5-8,11-12,15-16H,4,9-10H2,1-3H3/t12-,15+,16-/m1/s1. The monoisotopic (exact) mass is 338 g/mol. The highest BCUT2D eigenvalue weighted by atomic mass is 79.9. The van der Waals surface area contributed by atoms with Crippen molar-refractivity contribution in [1.82, 2.24) is 0 Å². The zero-order chi connectivity index (χ0) is 14.7. The summed E-state index contributed by atoms with van der Waals surface area (Å²) in [5, 5.41) is 0. The molecule has 0 radical (unpaired) electrons. The number of carbonyl (C=O) groups excluding carboxylic acids is 1. The van der Waals surface area contributed by atoms with Crippen LogP contribution in [0, 0.1) is 17.8 Å². The molecule has 3 heteroatoms. The molecule has 0 saturated heterocycles. The van der Waals surface area contributed by atoms with Gasteiger partial charge in [0.15, 0.2) is 0 Å². The average Bonchev–Trinajstić information content (AvgIpc) is 2.39. The van der Waals surface area contributed by atoms with Crippen molar-refractivity contribution < 1.29 is 9.53 Å². The molecular weight excluding hydrogens is 316 g/mol. The van der Waals surface area contributed by atoms with Crippen molar-refractivity contribution in [3.05, 3.63) is 34.3 Å². The minimum absolute atomic E-state index is 0.0647. The first-order valence-electron chi connectivity index (χ1n) is 7.44. The third kappa shape index (κ3) is 3.85. The van der Waals surface area contributed by atoms with Crippen molar-refractivity contribution in [2.45, 2.75) is 46.1 Å². The summed E-state index contributed by atoms with van der Waals surface area (Å²) < 4.78 is 6.78. The Morgan fingerprint density at radius 3 is 2.50 bits per heavy atom. The Morgan fingerprint density at radius 2 is 1.90 bits per heavy atom. The number of rotatable bonds is 3. The summed E-state index contributed by atoms with van der Waals surface area (Å²) in [7, 11) is 0. The Morgan fingerprint density at radius 1 is 1.25 bits per heavy atom. The van der Waals surface area contributed by atoms with E-state index in [2.05, 4.69) is 36.7 Å². The number of carbonyl (C=O) groups is 1. The first kappa shape index (κ1) is 15.6. The van der Waals surface area contributed by atoms with Crippen LogP contribution >= 0.6 is 15.9 Å². The Bertz CT molecular complexity index is 453. The summed E-state index contributed by atoms with van der Waals surface area (Å²) in [5.41, 5.74) is 0.633. The van der Waals surface area contributed by atoms with Crippen LogP contribution in [0.15, 0.2) is 28.7 Å². The smallest absolute Gasteiger partial charge is 0.338 e. The molecule has 0 aliphatic heterocycles. The minimum Gasteiger partial charge on any atom is -0.458 e. The molecule has 1 aliphatic rings. The molecule has 0 heterocycles. The summed E-state index contributed by atoms with van der Waals surface area (Å²) in [4.78, 5) is 12.3. The Kier molecular flexibility index (Phi) is 5.25. The van der Waals surface area contributed by atoms with Gasteiger partial charge in [-0.25, -0.2) is 4.79 Å². The van der Waals surface area contributed by atoms with Crippen LogP contribution in [-0.4, -0.2) is 12.1 Å². The van der Waals surface area contributed by atoms with E-state index in [1.165, 1.54) is 6.42 Å². The molecule has 20 heavy (non-hydrogen) atoms. The van der Waals surface area contributed by atoms with E-state index in [9.17, 15) is 4.79 Å². The Hall–Kier alpha value is -0.830. The van der Waals surface area contributed by atoms with E-state index in [-0.39, 0.29) is 12.1 Å². The highest BCUT2D eigenvalue weighted by Gasteiger charge is 2.33. The van der Waals surface area contributed by atoms with Gasteiger partial charge in [0.05, 0.1) is 5.56 Å². The highest BCUT2D eigenvalue weighted by Crippen LogP contribution is 2.35. The molecular formula is C17H23BrO2. The molecule has 110 valence electrons. The lowest BCUT2D eigenvalue weighted by Gasteiger charge is -2.36. The fourth-order valence-electron chi connectivity index (χ4n) is 3.04. The third-order valence-electron chi connectivity index (χ3n) is 4.30. The summed E-state index contributed by atoms with van der Waals surface area (Å²) >= 11 is 3.38. The molecule has 0 N–H and O–H groups in total. The molecule has 0 spiro atoms. The first-order chi connectivity index (χ1) is 9.47. The van der Waals surface area contributed by atoms with E-state index in [0.717, 1.165) is 17.3 Å². The van der Waals surface area contributed by atoms with Crippen LogP contribution in [0.5, 0.6) is 0 Å². The fourth-order valence-corrected chi connectivity index (χ4v) is 3.31. The summed E-state index contributed by atoms with van der Waals surface area (Å²) in [6, 6.07) is 7.37. The average molecular weight is 339 g/mol. The lowest BCUT2D eigenvalue weighted by molar-refractivity contribution is -0.0174. The summed E-state index contributed by atoms with van der Waals surface area (Å²) in [6.45, 7) is 6.69. The van der Waals surface area contributed by atoms with Gasteiger partial charge in [-0.05, 0) is 54.9 Å². The largest absolute Gasteiger partial charge is 0.458 e. The van der Waals surface area contributed by atoms with E-state index < -0.39 is 0 Å². The maximum Gasteiger partial charge on any atom is 0.338 e. The molecule has 2 rings (SSSR count). The van der Waals surface area contributed by atoms with Crippen molar-refractivity contribution in [3.63, 3.8) is 0 Å². The molecule has 0 amide bonds. The van der Waals surface area contributed by atoms with Crippen LogP contribution in [0.2, 0.25) is 0 Å². The summed E-state index contributed by atoms with van der Waals surface area (Å²) in [6.07, 6.45) is 3.46. The van der Waals surface area contributed by atoms with Gasteiger partial charge in [-0.1, -0.05) is 43.1 Å². The SMILES string of the molecule is CC(C)[C@@H]1CC[C@@H](C)C[C@H]1OC(=O)c1ccc(Br)cc1. The second kappa shape index (κ2) is 6.75. The first-order valence-corrected chi connectivity index (χ1v) is 8.23. The normalized spacial score (nSPS) is 26.6. The van der Waals surface area contributed by atoms with Gasteiger partial charge in [-0.15, -0.1) is 0 Å². The van der Waals surface area contributed by atoms with Gasteiger partial charge in [0.2, 0.25) is 0 Å². The quantitative estimate of drug-likeness (QED) is 0.719. The molecule has 1 aliphatic carbocycles. The van der Waals surface area contributed by atoms with Gasteiger partial charge in [-0.3, -0.25) is 0 Å². The topological polar surface area (TPSA) is 26.3 Å². The number of halogens is 1. The van der Waals surface area contributed by atoms with Gasteiger partial charge in [-0.2, -0.15) is 0 Å². The van der Waals surface area contributed by atoms with Gasteiger partial charge >= 0.3 is 5.97 Å². The predicted octanol–water partition coefficient (Wildman–Crippen LogP) is 5.07. The molecule has 1 fully saturated rings. The van der Waals surface area contributed by atoms with Crippen molar-refractivity contribution in [3.8, 4) is 0 Å². The molecule has 0 bridgehead atoms. The van der Waals surface area contributed by atoms with Crippen molar-refractivity contribution in [2.75, 3.05) is 0 Å². The Labute approximate surface area is 130 Å². The molecule has 0 aromatic heterocycles. The van der Waals surface area contributed by atoms with Crippen molar-refractivity contribution in [2.24, 2.45) is 17.8 Å². The van der Waals surface area contributed by atoms with E-state index in [0.29, 0.717) is 23.3 Å². The lowest BCUT2D eigenvalue weighted by atomic mass is 9.75. The minimum atomic E-state index is -0.192. The van der Waals surface area contributed by atoms with Crippen LogP contribution in [-0.2, 0) is 4.74 Å². The van der Waals surface area contributed by atoms with E-state index in [1.807, 2.05) is 24.3 Å². The summed E-state index contributed by atoms with van der Waals surface area (Å²) in [5.74, 6) is 1.51. The van der Waals surface area contributed by atoms with Gasteiger partial charge < -0.3 is 4.74 Å². The van der Waals surface area contributed by atoms with E-state index >= 15 is 0 Å². The van der Waals surface area contributed by atoms with Gasteiger partial charge in [0, 0.05) is 4.47 Å². The fraction of sp³-hybridized carbons (Fsp3) is 0.588. The third-order valence-corrected chi connectivity index (χ3v) is 4.83. The van der Waals surface area contributed by atoms with E-state index in [4.69, 9.17) is 4.74 Å². The lowest BCUT2D eigenvalue weighted by Crippen LogP contribution is -2.35. The second-order valence-electron chi connectivity index (χ2n) is 6.28. The molecule has 1 aromatic rings. The zero-order valence-electron chi connectivity index (χ0n) is 12.4. The van der Waals surface area contributed by atoms with Crippen LogP contribution in [0.25, 0.3) is 0 Å². The van der Waals surface area contributed by atoms with Crippen molar-refractivity contribution in [1.29, 1.82) is 0 Å². The Balaban J connectivity index is 2.05. The van der Waals surface area contributed by atoms with E-state index in [1.54, 1.807) is 0 Å². The van der Waals surface area contributed by atoms with Gasteiger partial charge in [0.1, 0.15) is 6.10 Å². The van der Waals surface area contributed by atoms with Crippen LogP contribution in [0.4, 0.5) is 0 Å². The number of benzene rings is 1. The maximum absolute atomic E-state index is 12.3. The molecule has 1 saturated carbocycles. The van der Waals surface area contributed by atoms with Crippen LogP contribution in [0.1, 0.15) is 50.4 Å². The molecule has 2 nitrogen and oxygen atoms in total. The van der Waals surface area contributed by atoms with Crippen LogP contribution < -0.4 is 0 Å². The highest BCUT2D eigenvalue weighted by molar-refractivity contribution is 9.10. The zero-order valence-corrected chi connectivity index (χ0v) is 14.0. The molecule has 3 atom stereocenters. The molecule has 1 aromatic carbocycles. The molecule has 0 unspecified atom stereocenters. The van der Waals surface area contributed by atoms with Crippen LogP contribution in [0.3, 0.4) is 0 Å².